The molecule has 5 nitrogen and oxygen atoms in total. The minimum Gasteiger partial charge on any atom is -0.377 e. The van der Waals surface area contributed by atoms with Crippen molar-refractivity contribution in [2.75, 3.05) is 50.8 Å². The number of rotatable bonds is 5. The highest BCUT2D eigenvalue weighted by Gasteiger charge is 2.22. The molecule has 2 aliphatic heterocycles. The van der Waals surface area contributed by atoms with E-state index >= 15 is 0 Å². The smallest absolute Gasteiger partial charge is 0.236 e. The van der Waals surface area contributed by atoms with Gasteiger partial charge in [-0.25, -0.2) is 0 Å². The summed E-state index contributed by atoms with van der Waals surface area (Å²) in [5.41, 5.74) is 3.97. The Labute approximate surface area is 169 Å². The van der Waals surface area contributed by atoms with E-state index in [9.17, 15) is 4.79 Å². The van der Waals surface area contributed by atoms with Crippen LogP contribution in [0.3, 0.4) is 0 Å². The van der Waals surface area contributed by atoms with Gasteiger partial charge in [-0.1, -0.05) is 12.1 Å². The molecular formula is C19H31Cl2N3O2. The fraction of sp³-hybridized carbons (Fsp3) is 0.632. The predicted molar refractivity (Wildman–Crippen MR) is 111 cm³/mol. The summed E-state index contributed by atoms with van der Waals surface area (Å²) in [4.78, 5) is 16.7. The maximum absolute atomic E-state index is 12.3. The quantitative estimate of drug-likeness (QED) is 0.820. The Morgan fingerprint density at radius 3 is 2.58 bits per heavy atom. The zero-order valence-electron chi connectivity index (χ0n) is 15.7. The predicted octanol–water partition coefficient (Wildman–Crippen LogP) is 2.56. The monoisotopic (exact) mass is 403 g/mol. The second-order valence-electron chi connectivity index (χ2n) is 6.85. The molecule has 2 aliphatic rings. The van der Waals surface area contributed by atoms with E-state index in [0.717, 1.165) is 52.2 Å². The molecule has 0 radical (unpaired) electrons. The van der Waals surface area contributed by atoms with Crippen LogP contribution in [0, 0.1) is 13.8 Å². The number of aryl methyl sites for hydroxylation is 1. The minimum absolute atomic E-state index is 0. The molecule has 2 fully saturated rings. The second kappa shape index (κ2) is 11.0. The average Bonchev–Trinajstić information content (AvgIpc) is 3.11. The third-order valence-electron chi connectivity index (χ3n) is 5.22. The van der Waals surface area contributed by atoms with E-state index < -0.39 is 0 Å². The number of nitrogens with zero attached hydrogens (tertiary/aromatic N) is 2. The van der Waals surface area contributed by atoms with Gasteiger partial charge < -0.3 is 19.9 Å². The molecule has 2 saturated heterocycles. The van der Waals surface area contributed by atoms with Gasteiger partial charge in [0, 0.05) is 45.0 Å². The summed E-state index contributed by atoms with van der Waals surface area (Å²) in [5, 5.41) is 3.25. The Bertz CT molecular complexity index is 572. The van der Waals surface area contributed by atoms with Crippen molar-refractivity contribution in [3.63, 3.8) is 0 Å². The third-order valence-corrected chi connectivity index (χ3v) is 5.22. The first-order valence-electron chi connectivity index (χ1n) is 9.06. The second-order valence-corrected chi connectivity index (χ2v) is 6.85. The highest BCUT2D eigenvalue weighted by atomic mass is 35.5. The number of halogens is 2. The third kappa shape index (κ3) is 5.74. The van der Waals surface area contributed by atoms with Crippen molar-refractivity contribution in [3.8, 4) is 0 Å². The van der Waals surface area contributed by atoms with Gasteiger partial charge in [0.2, 0.25) is 5.91 Å². The number of ether oxygens (including phenoxy) is 1. The molecule has 0 aromatic heterocycles. The molecule has 1 amide bonds. The molecule has 1 unspecified atom stereocenters. The number of anilines is 1. The topological polar surface area (TPSA) is 44.8 Å². The van der Waals surface area contributed by atoms with Crippen molar-refractivity contribution in [1.82, 2.24) is 10.2 Å². The number of carbonyl (C=O) groups is 1. The number of carbonyl (C=O) groups excluding carboxylic acids is 1. The van der Waals surface area contributed by atoms with Gasteiger partial charge in [-0.05, 0) is 43.9 Å². The molecule has 3 rings (SSSR count). The summed E-state index contributed by atoms with van der Waals surface area (Å²) in [6, 6.07) is 6.45. The van der Waals surface area contributed by atoms with Crippen molar-refractivity contribution in [2.45, 2.75) is 32.8 Å². The van der Waals surface area contributed by atoms with Crippen LogP contribution in [0.4, 0.5) is 5.69 Å². The number of amides is 1. The van der Waals surface area contributed by atoms with Crippen molar-refractivity contribution >= 4 is 36.4 Å². The van der Waals surface area contributed by atoms with Crippen LogP contribution < -0.4 is 10.2 Å². The summed E-state index contributed by atoms with van der Waals surface area (Å²) in [5.74, 6) is 0.202. The number of nitrogens with one attached hydrogen (secondary N) is 1. The van der Waals surface area contributed by atoms with Crippen molar-refractivity contribution < 1.29 is 9.53 Å². The fourth-order valence-electron chi connectivity index (χ4n) is 3.53. The molecule has 1 N–H and O–H groups in total. The Hall–Kier alpha value is -1.01. The maximum Gasteiger partial charge on any atom is 0.236 e. The zero-order valence-corrected chi connectivity index (χ0v) is 17.3. The number of benzene rings is 1. The molecule has 0 bridgehead atoms. The molecule has 148 valence electrons. The SMILES string of the molecule is Cc1cccc(N2CCN(C(=O)CNCC3CCCO3)CC2)c1C.Cl.Cl. The number of hydrogen-bond acceptors (Lipinski definition) is 4. The molecule has 2 heterocycles. The largest absolute Gasteiger partial charge is 0.377 e. The summed E-state index contributed by atoms with van der Waals surface area (Å²) in [7, 11) is 0. The van der Waals surface area contributed by atoms with E-state index in [4.69, 9.17) is 4.74 Å². The number of hydrogen-bond donors (Lipinski definition) is 1. The molecule has 0 spiro atoms. The van der Waals surface area contributed by atoms with E-state index in [-0.39, 0.29) is 30.7 Å². The molecule has 1 atom stereocenters. The highest BCUT2D eigenvalue weighted by molar-refractivity contribution is 5.85. The molecule has 0 aliphatic carbocycles. The first-order chi connectivity index (χ1) is 11.6. The standard InChI is InChI=1S/C19H29N3O2.2ClH/c1-15-5-3-7-18(16(15)2)21-8-10-22(11-9-21)19(23)14-20-13-17-6-4-12-24-17;;/h3,5,7,17,20H,4,6,8-14H2,1-2H3;2*1H. The van der Waals surface area contributed by atoms with Crippen LogP contribution in [0.1, 0.15) is 24.0 Å². The van der Waals surface area contributed by atoms with Crippen LogP contribution >= 0.6 is 24.8 Å². The van der Waals surface area contributed by atoms with Crippen LogP contribution in [0.2, 0.25) is 0 Å². The molecular weight excluding hydrogens is 373 g/mol. The summed E-state index contributed by atoms with van der Waals surface area (Å²) in [6.07, 6.45) is 2.54. The Balaban J connectivity index is 0.00000169. The van der Waals surface area contributed by atoms with Gasteiger partial charge in [0.15, 0.2) is 0 Å². The lowest BCUT2D eigenvalue weighted by Gasteiger charge is -2.37. The minimum atomic E-state index is 0. The van der Waals surface area contributed by atoms with E-state index in [1.807, 2.05) is 4.90 Å². The first-order valence-corrected chi connectivity index (χ1v) is 9.06. The maximum atomic E-state index is 12.3. The van der Waals surface area contributed by atoms with Gasteiger partial charge in [-0.3, -0.25) is 4.79 Å². The van der Waals surface area contributed by atoms with Gasteiger partial charge in [0.25, 0.3) is 0 Å². The lowest BCUT2D eigenvalue weighted by atomic mass is 10.1. The van der Waals surface area contributed by atoms with E-state index in [1.165, 1.54) is 16.8 Å². The molecule has 1 aromatic carbocycles. The number of piperazine rings is 1. The van der Waals surface area contributed by atoms with Crippen molar-refractivity contribution in [2.24, 2.45) is 0 Å². The van der Waals surface area contributed by atoms with Crippen LogP contribution in [0.5, 0.6) is 0 Å². The summed E-state index contributed by atoms with van der Waals surface area (Å²) < 4.78 is 5.57. The van der Waals surface area contributed by atoms with Gasteiger partial charge >= 0.3 is 0 Å². The van der Waals surface area contributed by atoms with E-state index in [0.29, 0.717) is 12.6 Å². The molecule has 1 aromatic rings. The average molecular weight is 404 g/mol. The molecule has 26 heavy (non-hydrogen) atoms. The highest BCUT2D eigenvalue weighted by Crippen LogP contribution is 2.23. The summed E-state index contributed by atoms with van der Waals surface area (Å²) in [6.45, 7) is 9.80. The first kappa shape index (κ1) is 23.0. The van der Waals surface area contributed by atoms with Gasteiger partial charge in [-0.2, -0.15) is 0 Å². The summed E-state index contributed by atoms with van der Waals surface area (Å²) >= 11 is 0. The van der Waals surface area contributed by atoms with Crippen LogP contribution in [-0.2, 0) is 9.53 Å². The zero-order chi connectivity index (χ0) is 16.9. The van der Waals surface area contributed by atoms with Gasteiger partial charge in [0.05, 0.1) is 12.6 Å². The van der Waals surface area contributed by atoms with Crippen LogP contribution in [-0.4, -0.2) is 62.8 Å². The van der Waals surface area contributed by atoms with Crippen molar-refractivity contribution in [1.29, 1.82) is 0 Å². The Morgan fingerprint density at radius 1 is 1.19 bits per heavy atom. The van der Waals surface area contributed by atoms with Gasteiger partial charge in [0.1, 0.15) is 0 Å². The van der Waals surface area contributed by atoms with Crippen LogP contribution in [0.25, 0.3) is 0 Å². The normalized spacial score (nSPS) is 19.7. The van der Waals surface area contributed by atoms with Crippen LogP contribution in [0.15, 0.2) is 18.2 Å². The lowest BCUT2D eigenvalue weighted by Crippen LogP contribution is -2.51. The van der Waals surface area contributed by atoms with E-state index in [2.05, 4.69) is 42.3 Å². The van der Waals surface area contributed by atoms with Gasteiger partial charge in [-0.15, -0.1) is 24.8 Å². The molecule has 7 heteroatoms. The lowest BCUT2D eigenvalue weighted by molar-refractivity contribution is -0.130. The van der Waals surface area contributed by atoms with E-state index in [1.54, 1.807) is 0 Å². The Kier molecular flexibility index (Phi) is 9.72. The molecule has 0 saturated carbocycles. The van der Waals surface area contributed by atoms with Crippen molar-refractivity contribution in [3.05, 3.63) is 29.3 Å². The fourth-order valence-corrected chi connectivity index (χ4v) is 3.53. The Morgan fingerprint density at radius 2 is 1.92 bits per heavy atom.